The fourth-order valence-corrected chi connectivity index (χ4v) is 2.37. The standard InChI is InChI=1S/C15H19NO2/c1-3-4-9-14-13-8-6-5-7-12(13)10-11-16(14)15(17)18-2/h5-8,10-11,14H,3-4,9H2,1-2H3/t14-/m0/s1. The van der Waals surface area contributed by atoms with Crippen LogP contribution in [0.3, 0.4) is 0 Å². The minimum atomic E-state index is -0.290. The number of ether oxygens (including phenoxy) is 1. The molecule has 0 N–H and O–H groups in total. The average Bonchev–Trinajstić information content (AvgIpc) is 2.43. The first-order chi connectivity index (χ1) is 8.77. The first-order valence-corrected chi connectivity index (χ1v) is 6.41. The van der Waals surface area contributed by atoms with E-state index in [0.717, 1.165) is 19.3 Å². The molecule has 18 heavy (non-hydrogen) atoms. The van der Waals surface area contributed by atoms with Crippen molar-refractivity contribution in [2.24, 2.45) is 0 Å². The molecule has 0 spiro atoms. The van der Waals surface area contributed by atoms with E-state index < -0.39 is 0 Å². The van der Waals surface area contributed by atoms with Gasteiger partial charge in [0, 0.05) is 6.20 Å². The number of methoxy groups -OCH3 is 1. The Morgan fingerprint density at radius 3 is 2.89 bits per heavy atom. The Morgan fingerprint density at radius 1 is 1.39 bits per heavy atom. The van der Waals surface area contributed by atoms with E-state index in [4.69, 9.17) is 4.74 Å². The topological polar surface area (TPSA) is 29.5 Å². The largest absolute Gasteiger partial charge is 0.452 e. The maximum atomic E-state index is 11.8. The number of hydrogen-bond donors (Lipinski definition) is 0. The Balaban J connectivity index is 2.32. The highest BCUT2D eigenvalue weighted by molar-refractivity contribution is 5.73. The number of nitrogens with zero attached hydrogens (tertiary/aromatic N) is 1. The Hall–Kier alpha value is -1.77. The van der Waals surface area contributed by atoms with Gasteiger partial charge >= 0.3 is 6.09 Å². The zero-order valence-corrected chi connectivity index (χ0v) is 10.9. The summed E-state index contributed by atoms with van der Waals surface area (Å²) in [5.74, 6) is 0. The molecule has 0 saturated heterocycles. The molecule has 1 amide bonds. The third-order valence-corrected chi connectivity index (χ3v) is 3.32. The first kappa shape index (κ1) is 12.7. The second kappa shape index (κ2) is 5.71. The summed E-state index contributed by atoms with van der Waals surface area (Å²) in [4.78, 5) is 13.5. The normalized spacial score (nSPS) is 17.4. The van der Waals surface area contributed by atoms with Gasteiger partial charge in [-0.3, -0.25) is 4.90 Å². The molecule has 1 atom stereocenters. The van der Waals surface area contributed by atoms with E-state index in [1.807, 2.05) is 24.4 Å². The van der Waals surface area contributed by atoms with Crippen LogP contribution in [0, 0.1) is 0 Å². The van der Waals surface area contributed by atoms with Crippen LogP contribution in [0.2, 0.25) is 0 Å². The van der Waals surface area contributed by atoms with Crippen molar-refractivity contribution in [3.05, 3.63) is 41.6 Å². The molecule has 1 aliphatic heterocycles. The third kappa shape index (κ3) is 2.40. The van der Waals surface area contributed by atoms with Crippen molar-refractivity contribution in [1.82, 2.24) is 4.90 Å². The van der Waals surface area contributed by atoms with Gasteiger partial charge < -0.3 is 4.74 Å². The van der Waals surface area contributed by atoms with Crippen molar-refractivity contribution in [3.63, 3.8) is 0 Å². The van der Waals surface area contributed by atoms with Crippen molar-refractivity contribution < 1.29 is 9.53 Å². The molecule has 2 rings (SSSR count). The van der Waals surface area contributed by atoms with Crippen molar-refractivity contribution in [3.8, 4) is 0 Å². The lowest BCUT2D eigenvalue weighted by Gasteiger charge is -2.32. The first-order valence-electron chi connectivity index (χ1n) is 6.41. The monoisotopic (exact) mass is 245 g/mol. The molecular weight excluding hydrogens is 226 g/mol. The number of carbonyl (C=O) groups excluding carboxylic acids is 1. The summed E-state index contributed by atoms with van der Waals surface area (Å²) in [6.45, 7) is 2.16. The highest BCUT2D eigenvalue weighted by Gasteiger charge is 2.27. The molecule has 1 aromatic carbocycles. The number of unbranched alkanes of at least 4 members (excludes halogenated alkanes) is 1. The van der Waals surface area contributed by atoms with Crippen LogP contribution in [0.5, 0.6) is 0 Å². The molecule has 0 aromatic heterocycles. The van der Waals surface area contributed by atoms with Gasteiger partial charge in [0.15, 0.2) is 0 Å². The van der Waals surface area contributed by atoms with Gasteiger partial charge in [0.05, 0.1) is 13.2 Å². The zero-order chi connectivity index (χ0) is 13.0. The van der Waals surface area contributed by atoms with Crippen LogP contribution in [0.4, 0.5) is 4.79 Å². The molecule has 3 nitrogen and oxygen atoms in total. The molecule has 1 aromatic rings. The Bertz CT molecular complexity index is 454. The predicted octanol–water partition coefficient (Wildman–Crippen LogP) is 3.97. The summed E-state index contributed by atoms with van der Waals surface area (Å²) in [5, 5.41) is 0. The molecule has 0 saturated carbocycles. The molecule has 0 aliphatic carbocycles. The fourth-order valence-electron chi connectivity index (χ4n) is 2.37. The Labute approximate surface area is 108 Å². The van der Waals surface area contributed by atoms with E-state index in [9.17, 15) is 4.79 Å². The van der Waals surface area contributed by atoms with Crippen LogP contribution in [-0.4, -0.2) is 18.1 Å². The van der Waals surface area contributed by atoms with Crippen molar-refractivity contribution in [2.45, 2.75) is 32.2 Å². The minimum absolute atomic E-state index is 0.0959. The van der Waals surface area contributed by atoms with Crippen molar-refractivity contribution >= 4 is 12.2 Å². The molecule has 1 heterocycles. The van der Waals surface area contributed by atoms with Crippen LogP contribution in [0.25, 0.3) is 6.08 Å². The Kier molecular flexibility index (Phi) is 4.03. The smallest absolute Gasteiger partial charge is 0.414 e. The van der Waals surface area contributed by atoms with Crippen LogP contribution >= 0.6 is 0 Å². The lowest BCUT2D eigenvalue weighted by atomic mass is 9.93. The molecule has 0 fully saturated rings. The van der Waals surface area contributed by atoms with Gasteiger partial charge in [-0.1, -0.05) is 44.0 Å². The lowest BCUT2D eigenvalue weighted by Crippen LogP contribution is -2.32. The number of amides is 1. The van der Waals surface area contributed by atoms with Gasteiger partial charge in [0.2, 0.25) is 0 Å². The van der Waals surface area contributed by atoms with Gasteiger partial charge in [-0.2, -0.15) is 0 Å². The second-order valence-electron chi connectivity index (χ2n) is 4.48. The Morgan fingerprint density at radius 2 is 2.17 bits per heavy atom. The number of fused-ring (bicyclic) bond motifs is 1. The van der Waals surface area contributed by atoms with E-state index in [2.05, 4.69) is 19.1 Å². The molecule has 0 radical (unpaired) electrons. The van der Waals surface area contributed by atoms with Gasteiger partial charge in [-0.25, -0.2) is 4.79 Å². The highest BCUT2D eigenvalue weighted by atomic mass is 16.5. The molecule has 0 bridgehead atoms. The van der Waals surface area contributed by atoms with Crippen LogP contribution in [0.15, 0.2) is 30.5 Å². The summed E-state index contributed by atoms with van der Waals surface area (Å²) in [6, 6.07) is 8.31. The number of hydrogen-bond acceptors (Lipinski definition) is 2. The average molecular weight is 245 g/mol. The fraction of sp³-hybridized carbons (Fsp3) is 0.400. The molecule has 96 valence electrons. The van der Waals surface area contributed by atoms with Gasteiger partial charge in [0.1, 0.15) is 0 Å². The molecule has 3 heteroatoms. The summed E-state index contributed by atoms with van der Waals surface area (Å²) in [7, 11) is 1.42. The van der Waals surface area contributed by atoms with E-state index in [-0.39, 0.29) is 12.1 Å². The minimum Gasteiger partial charge on any atom is -0.452 e. The van der Waals surface area contributed by atoms with E-state index in [1.54, 1.807) is 4.90 Å². The molecule has 1 aliphatic rings. The van der Waals surface area contributed by atoms with Crippen molar-refractivity contribution in [2.75, 3.05) is 7.11 Å². The number of rotatable bonds is 3. The summed E-state index contributed by atoms with van der Waals surface area (Å²) >= 11 is 0. The van der Waals surface area contributed by atoms with Crippen LogP contribution in [-0.2, 0) is 4.74 Å². The van der Waals surface area contributed by atoms with Gasteiger partial charge in [-0.15, -0.1) is 0 Å². The highest BCUT2D eigenvalue weighted by Crippen LogP contribution is 2.34. The van der Waals surface area contributed by atoms with E-state index in [0.29, 0.717) is 0 Å². The van der Waals surface area contributed by atoms with E-state index in [1.165, 1.54) is 18.2 Å². The van der Waals surface area contributed by atoms with Crippen LogP contribution < -0.4 is 0 Å². The van der Waals surface area contributed by atoms with Crippen LogP contribution in [0.1, 0.15) is 43.4 Å². The quantitative estimate of drug-likeness (QED) is 0.806. The SMILES string of the molecule is CCCC[C@H]1c2ccccc2C=CN1C(=O)OC. The van der Waals surface area contributed by atoms with Crippen molar-refractivity contribution in [1.29, 1.82) is 0 Å². The summed E-state index contributed by atoms with van der Waals surface area (Å²) < 4.78 is 4.85. The maximum Gasteiger partial charge on any atom is 0.414 e. The summed E-state index contributed by atoms with van der Waals surface area (Å²) in [6.07, 6.45) is 6.69. The number of carbonyl (C=O) groups is 1. The van der Waals surface area contributed by atoms with Gasteiger partial charge in [-0.05, 0) is 23.6 Å². The second-order valence-corrected chi connectivity index (χ2v) is 4.48. The third-order valence-electron chi connectivity index (χ3n) is 3.32. The van der Waals surface area contributed by atoms with Gasteiger partial charge in [0.25, 0.3) is 0 Å². The maximum absolute atomic E-state index is 11.8. The molecular formula is C15H19NO2. The van der Waals surface area contributed by atoms with E-state index >= 15 is 0 Å². The molecule has 0 unspecified atom stereocenters. The number of benzene rings is 1. The predicted molar refractivity (Wildman–Crippen MR) is 72.0 cm³/mol. The summed E-state index contributed by atoms with van der Waals surface area (Å²) in [5.41, 5.74) is 2.40. The zero-order valence-electron chi connectivity index (χ0n) is 10.9. The lowest BCUT2D eigenvalue weighted by molar-refractivity contribution is 0.123.